The lowest BCUT2D eigenvalue weighted by atomic mass is 10.0. The van der Waals surface area contributed by atoms with E-state index in [0.717, 1.165) is 18.6 Å². The van der Waals surface area contributed by atoms with E-state index in [4.69, 9.17) is 47.4 Å². The molecule has 2 atom stereocenters. The Hall–Kier alpha value is -5.45. The van der Waals surface area contributed by atoms with Crippen LogP contribution in [0.15, 0.2) is 61.1 Å². The molecule has 5 aromatic rings. The lowest BCUT2D eigenvalue weighted by Gasteiger charge is -2.22. The van der Waals surface area contributed by atoms with Crippen LogP contribution in [0, 0.1) is 17.6 Å². The number of anilines is 2. The molecule has 0 fully saturated rings. The zero-order valence-electron chi connectivity index (χ0n) is 31.4. The maximum absolute atomic E-state index is 15.1. The van der Waals surface area contributed by atoms with Gasteiger partial charge >= 0.3 is 5.97 Å². The molecule has 0 spiro atoms. The molecule has 1 unspecified atom stereocenters. The summed E-state index contributed by atoms with van der Waals surface area (Å²) in [5, 5.41) is 11.6. The van der Waals surface area contributed by atoms with Gasteiger partial charge in [0.05, 0.1) is 54.8 Å². The van der Waals surface area contributed by atoms with E-state index < -0.39 is 35.6 Å². The molecule has 0 saturated heterocycles. The number of rotatable bonds is 20. The first-order valence-electron chi connectivity index (χ1n) is 18.4. The first kappa shape index (κ1) is 41.7. The van der Waals surface area contributed by atoms with Crippen molar-refractivity contribution >= 4 is 45.9 Å². The average molecular weight is 794 g/mol. The van der Waals surface area contributed by atoms with E-state index in [1.807, 2.05) is 12.1 Å². The zero-order valence-corrected chi connectivity index (χ0v) is 32.2. The van der Waals surface area contributed by atoms with Crippen molar-refractivity contribution in [2.24, 2.45) is 17.4 Å². The summed E-state index contributed by atoms with van der Waals surface area (Å²) in [6.07, 6.45) is 6.72. The Morgan fingerprint density at radius 2 is 1.79 bits per heavy atom. The van der Waals surface area contributed by atoms with Crippen LogP contribution in [0.5, 0.6) is 11.5 Å². The van der Waals surface area contributed by atoms with Gasteiger partial charge in [0.15, 0.2) is 17.4 Å². The quantitative estimate of drug-likeness (QED) is 0.0538. The first-order valence-corrected chi connectivity index (χ1v) is 18.7. The third-order valence-electron chi connectivity index (χ3n) is 8.70. The number of amides is 1. The van der Waals surface area contributed by atoms with Gasteiger partial charge in [-0.2, -0.15) is 5.10 Å². The smallest absolute Gasteiger partial charge is 0.328 e. The third kappa shape index (κ3) is 10.6. The van der Waals surface area contributed by atoms with Crippen molar-refractivity contribution < 1.29 is 32.6 Å². The number of esters is 1. The molecule has 0 aliphatic heterocycles. The van der Waals surface area contributed by atoms with E-state index in [9.17, 15) is 9.59 Å². The lowest BCUT2D eigenvalue weighted by molar-refractivity contribution is -0.149. The number of nitrogens with one attached hydrogen (secondary N) is 2. The summed E-state index contributed by atoms with van der Waals surface area (Å²) in [6.45, 7) is 6.03. The minimum Gasteiger partial charge on any atom is -0.494 e. The number of nitrogens with zero attached hydrogens (tertiary/aromatic N) is 5. The Kier molecular flexibility index (Phi) is 14.8. The molecular formula is C39H46ClF2N9O5. The molecule has 0 aliphatic carbocycles. The number of nitrogens with two attached hydrogens (primary N) is 2. The van der Waals surface area contributed by atoms with Gasteiger partial charge in [0.25, 0.3) is 0 Å². The van der Waals surface area contributed by atoms with Crippen molar-refractivity contribution in [3.63, 3.8) is 0 Å². The molecule has 17 heteroatoms. The number of halogens is 3. The number of unbranched alkanes of at least 4 members (excludes halogenated alkanes) is 1. The maximum atomic E-state index is 15.1. The SMILES string of the molecule is CCOc1cc(F)c(Cn2nc(-c3ncc(OCCCOC(=O)C(NC(=O)[C@@H](N)CCCCN)C(C)C)c(Nc4ccncc4Cl)n3)c3ccccc32)c(F)c1. The highest BCUT2D eigenvalue weighted by molar-refractivity contribution is 6.33. The Morgan fingerprint density at radius 3 is 2.50 bits per heavy atom. The van der Waals surface area contributed by atoms with E-state index in [1.165, 1.54) is 17.1 Å². The number of hydrogen-bond donors (Lipinski definition) is 4. The Morgan fingerprint density at radius 1 is 1.02 bits per heavy atom. The van der Waals surface area contributed by atoms with Crippen molar-refractivity contribution in [1.29, 1.82) is 0 Å². The topological polar surface area (TPSA) is 194 Å². The molecule has 3 aromatic heterocycles. The van der Waals surface area contributed by atoms with E-state index in [-0.39, 0.29) is 61.0 Å². The van der Waals surface area contributed by atoms with Gasteiger partial charge in [-0.1, -0.05) is 50.1 Å². The number of hydrogen-bond acceptors (Lipinski definition) is 12. The number of benzene rings is 2. The number of para-hydroxylation sites is 1. The molecule has 14 nitrogen and oxygen atoms in total. The van der Waals surface area contributed by atoms with Gasteiger partial charge in [-0.15, -0.1) is 0 Å². The van der Waals surface area contributed by atoms with Gasteiger partial charge in [-0.05, 0) is 44.4 Å². The molecule has 3 heterocycles. The second kappa shape index (κ2) is 19.9. The van der Waals surface area contributed by atoms with Gasteiger partial charge in [-0.3, -0.25) is 14.5 Å². The van der Waals surface area contributed by atoms with Gasteiger partial charge < -0.3 is 36.3 Å². The Bertz CT molecular complexity index is 2100. The van der Waals surface area contributed by atoms with Crippen molar-refractivity contribution in [1.82, 2.24) is 30.0 Å². The van der Waals surface area contributed by atoms with E-state index >= 15 is 8.78 Å². The normalized spacial score (nSPS) is 12.4. The predicted octanol–water partition coefficient (Wildman–Crippen LogP) is 5.92. The van der Waals surface area contributed by atoms with E-state index in [1.54, 1.807) is 45.2 Å². The summed E-state index contributed by atoms with van der Waals surface area (Å²) >= 11 is 6.41. The lowest BCUT2D eigenvalue weighted by Crippen LogP contribution is -2.51. The summed E-state index contributed by atoms with van der Waals surface area (Å²) in [5.41, 5.74) is 12.8. The number of aromatic nitrogens is 5. The molecule has 0 radical (unpaired) electrons. The predicted molar refractivity (Wildman–Crippen MR) is 209 cm³/mol. The molecule has 56 heavy (non-hydrogen) atoms. The fourth-order valence-corrected chi connectivity index (χ4v) is 5.90. The van der Waals surface area contributed by atoms with Gasteiger partial charge in [0.2, 0.25) is 5.91 Å². The molecule has 5 rings (SSSR count). The molecular weight excluding hydrogens is 748 g/mol. The summed E-state index contributed by atoms with van der Waals surface area (Å²) in [6, 6.07) is 9.54. The van der Waals surface area contributed by atoms with Crippen LogP contribution in [0.2, 0.25) is 5.02 Å². The van der Waals surface area contributed by atoms with Gasteiger partial charge in [0.1, 0.15) is 29.1 Å². The molecule has 0 bridgehead atoms. The minimum absolute atomic E-state index is 0.0112. The van der Waals surface area contributed by atoms with Crippen LogP contribution in [0.4, 0.5) is 20.3 Å². The minimum atomic E-state index is -0.871. The molecule has 6 N–H and O–H groups in total. The maximum Gasteiger partial charge on any atom is 0.328 e. The van der Waals surface area contributed by atoms with Crippen molar-refractivity contribution in [2.45, 2.75) is 65.1 Å². The van der Waals surface area contributed by atoms with Crippen LogP contribution in [0.25, 0.3) is 22.4 Å². The highest BCUT2D eigenvalue weighted by Gasteiger charge is 2.28. The van der Waals surface area contributed by atoms with Crippen LogP contribution >= 0.6 is 11.6 Å². The summed E-state index contributed by atoms with van der Waals surface area (Å²) in [7, 11) is 0. The van der Waals surface area contributed by atoms with Crippen LogP contribution in [0.3, 0.4) is 0 Å². The second-order valence-electron chi connectivity index (χ2n) is 13.2. The van der Waals surface area contributed by atoms with Gasteiger partial charge in [-0.25, -0.2) is 23.5 Å². The fraction of sp³-hybridized carbons (Fsp3) is 0.385. The summed E-state index contributed by atoms with van der Waals surface area (Å²) in [5.74, 6) is -1.96. The standard InChI is InChI=1S/C39H46ClF2N9O5/c1-4-54-24-18-28(41)26(29(42)19-24)22-51-32-12-6-5-10-25(32)35(50-51)37-46-21-33(36(49-37)47-31-13-15-45-20-27(31)40)55-16-9-17-56-39(53)34(23(2)3)48-38(52)30(44)11-7-8-14-43/h5-6,10,12-13,15,18-21,23,30,34H,4,7-9,11,14,16-17,22,43-44H2,1-3H3,(H,48,52)(H,45,46,47,49)/t30-,34?/m0/s1. The van der Waals surface area contributed by atoms with Crippen LogP contribution in [-0.4, -0.2) is 75.1 Å². The molecule has 0 saturated carbocycles. The van der Waals surface area contributed by atoms with Crippen molar-refractivity contribution in [2.75, 3.05) is 31.7 Å². The number of pyridine rings is 1. The molecule has 1 amide bonds. The van der Waals surface area contributed by atoms with E-state index in [2.05, 4.69) is 20.6 Å². The highest BCUT2D eigenvalue weighted by Crippen LogP contribution is 2.33. The van der Waals surface area contributed by atoms with E-state index in [0.29, 0.717) is 53.1 Å². The zero-order chi connectivity index (χ0) is 40.2. The summed E-state index contributed by atoms with van der Waals surface area (Å²) in [4.78, 5) is 38.9. The summed E-state index contributed by atoms with van der Waals surface area (Å²) < 4.78 is 48.5. The van der Waals surface area contributed by atoms with Crippen molar-refractivity contribution in [3.8, 4) is 23.0 Å². The monoisotopic (exact) mass is 793 g/mol. The largest absolute Gasteiger partial charge is 0.494 e. The molecule has 298 valence electrons. The number of ether oxygens (including phenoxy) is 3. The number of fused-ring (bicyclic) bond motifs is 1. The second-order valence-corrected chi connectivity index (χ2v) is 13.6. The van der Waals surface area contributed by atoms with Crippen molar-refractivity contribution in [3.05, 3.63) is 83.3 Å². The Balaban J connectivity index is 1.32. The fourth-order valence-electron chi connectivity index (χ4n) is 5.73. The number of carbonyl (C=O) groups excluding carboxylic acids is 2. The van der Waals surface area contributed by atoms with Crippen LogP contribution in [-0.2, 0) is 20.9 Å². The van der Waals surface area contributed by atoms with Crippen LogP contribution < -0.4 is 31.6 Å². The first-order chi connectivity index (χ1) is 27.0. The van der Waals surface area contributed by atoms with Crippen LogP contribution in [0.1, 0.15) is 52.0 Å². The molecule has 0 aliphatic rings. The average Bonchev–Trinajstić information content (AvgIpc) is 3.54. The number of carbonyl (C=O) groups is 2. The molecule has 2 aromatic carbocycles. The van der Waals surface area contributed by atoms with Gasteiger partial charge in [0, 0.05) is 41.9 Å². The highest BCUT2D eigenvalue weighted by atomic mass is 35.5. The Labute approximate surface area is 328 Å². The third-order valence-corrected chi connectivity index (χ3v) is 9.00.